The molecule has 0 aliphatic heterocycles. The number of rotatable bonds is 8. The summed E-state index contributed by atoms with van der Waals surface area (Å²) in [5.41, 5.74) is 0.794. The number of hydrogen-bond donors (Lipinski definition) is 2. The van der Waals surface area contributed by atoms with Gasteiger partial charge in [0, 0.05) is 23.1 Å². The molecule has 0 radical (unpaired) electrons. The molecule has 0 saturated carbocycles. The van der Waals surface area contributed by atoms with Crippen LogP contribution in [0.5, 0.6) is 0 Å². The summed E-state index contributed by atoms with van der Waals surface area (Å²) < 4.78 is 0. The van der Waals surface area contributed by atoms with E-state index in [0.29, 0.717) is 23.1 Å². The van der Waals surface area contributed by atoms with Crippen molar-refractivity contribution in [1.82, 2.24) is 15.5 Å². The van der Waals surface area contributed by atoms with Gasteiger partial charge in [0.2, 0.25) is 11.8 Å². The van der Waals surface area contributed by atoms with Crippen LogP contribution in [0.2, 0.25) is 10.0 Å². The largest absolute Gasteiger partial charge is 0.355 e. The lowest BCUT2D eigenvalue weighted by molar-refractivity contribution is -0.124. The van der Waals surface area contributed by atoms with Gasteiger partial charge in [0.1, 0.15) is 0 Å². The molecule has 1 aromatic rings. The maximum atomic E-state index is 11.8. The molecule has 122 valence electrons. The molecule has 0 fully saturated rings. The fraction of sp³-hybridized carbons (Fsp3) is 0.467. The standard InChI is InChI=1S/C15H21Cl2N3O2/c1-3-6-18-14(21)9-20(2)10-15(22)19-8-11-4-5-12(16)7-13(11)17/h4-5,7H,3,6,8-10H2,1-2H3,(H,18,21)(H,19,22). The van der Waals surface area contributed by atoms with Crippen LogP contribution in [0.25, 0.3) is 0 Å². The van der Waals surface area contributed by atoms with Gasteiger partial charge in [0.25, 0.3) is 0 Å². The number of carbonyl (C=O) groups is 2. The molecule has 2 N–H and O–H groups in total. The van der Waals surface area contributed by atoms with E-state index in [-0.39, 0.29) is 24.9 Å². The van der Waals surface area contributed by atoms with Crippen LogP contribution >= 0.6 is 23.2 Å². The molecule has 0 unspecified atom stereocenters. The third-order valence-electron chi connectivity index (χ3n) is 2.89. The van der Waals surface area contributed by atoms with Crippen LogP contribution in [0.4, 0.5) is 0 Å². The highest BCUT2D eigenvalue weighted by atomic mass is 35.5. The highest BCUT2D eigenvalue weighted by Crippen LogP contribution is 2.20. The van der Waals surface area contributed by atoms with Crippen molar-refractivity contribution in [2.45, 2.75) is 19.9 Å². The maximum absolute atomic E-state index is 11.8. The minimum absolute atomic E-state index is 0.0853. The van der Waals surface area contributed by atoms with Crippen molar-refractivity contribution in [3.05, 3.63) is 33.8 Å². The average Bonchev–Trinajstić information content (AvgIpc) is 2.44. The van der Waals surface area contributed by atoms with Crippen LogP contribution in [0.15, 0.2) is 18.2 Å². The third kappa shape index (κ3) is 7.11. The van der Waals surface area contributed by atoms with Gasteiger partial charge >= 0.3 is 0 Å². The van der Waals surface area contributed by atoms with Crippen LogP contribution in [0.1, 0.15) is 18.9 Å². The van der Waals surface area contributed by atoms with Crippen LogP contribution in [-0.4, -0.2) is 43.4 Å². The van der Waals surface area contributed by atoms with Gasteiger partial charge in [-0.25, -0.2) is 0 Å². The Balaban J connectivity index is 2.35. The lowest BCUT2D eigenvalue weighted by atomic mass is 10.2. The van der Waals surface area contributed by atoms with Crippen molar-refractivity contribution in [3.8, 4) is 0 Å². The quantitative estimate of drug-likeness (QED) is 0.758. The van der Waals surface area contributed by atoms with Crippen LogP contribution in [0, 0.1) is 0 Å². The minimum Gasteiger partial charge on any atom is -0.355 e. The Hall–Kier alpha value is -1.30. The Bertz CT molecular complexity index is 524. The Kier molecular flexibility index (Phi) is 8.24. The summed E-state index contributed by atoms with van der Waals surface area (Å²) in [6, 6.07) is 5.13. The van der Waals surface area contributed by atoms with E-state index < -0.39 is 0 Å². The van der Waals surface area contributed by atoms with E-state index in [9.17, 15) is 9.59 Å². The van der Waals surface area contributed by atoms with Gasteiger partial charge in [-0.05, 0) is 31.2 Å². The van der Waals surface area contributed by atoms with Gasteiger partial charge in [0.05, 0.1) is 13.1 Å². The lowest BCUT2D eigenvalue weighted by Gasteiger charge is -2.16. The summed E-state index contributed by atoms with van der Waals surface area (Å²) in [5.74, 6) is -0.255. The summed E-state index contributed by atoms with van der Waals surface area (Å²) >= 11 is 11.9. The number of carbonyl (C=O) groups excluding carboxylic acids is 2. The Morgan fingerprint density at radius 1 is 1.14 bits per heavy atom. The molecule has 0 aliphatic rings. The lowest BCUT2D eigenvalue weighted by Crippen LogP contribution is -2.40. The fourth-order valence-electron chi connectivity index (χ4n) is 1.78. The van der Waals surface area contributed by atoms with Gasteiger partial charge in [-0.3, -0.25) is 14.5 Å². The van der Waals surface area contributed by atoms with Crippen LogP contribution in [0.3, 0.4) is 0 Å². The fourth-order valence-corrected chi connectivity index (χ4v) is 2.26. The van der Waals surface area contributed by atoms with E-state index in [1.165, 1.54) is 0 Å². The average molecular weight is 346 g/mol. The third-order valence-corrected chi connectivity index (χ3v) is 3.48. The zero-order chi connectivity index (χ0) is 16.5. The second kappa shape index (κ2) is 9.66. The van der Waals surface area contributed by atoms with Crippen molar-refractivity contribution >= 4 is 35.0 Å². The van der Waals surface area contributed by atoms with Crippen molar-refractivity contribution in [1.29, 1.82) is 0 Å². The predicted octanol–water partition coefficient (Wildman–Crippen LogP) is 2.07. The van der Waals surface area contributed by atoms with Gasteiger partial charge in [0.15, 0.2) is 0 Å². The summed E-state index contributed by atoms with van der Waals surface area (Å²) in [6.07, 6.45) is 0.887. The molecular weight excluding hydrogens is 325 g/mol. The predicted molar refractivity (Wildman–Crippen MR) is 89.1 cm³/mol. The number of benzene rings is 1. The topological polar surface area (TPSA) is 61.4 Å². The van der Waals surface area contributed by atoms with Crippen molar-refractivity contribution in [3.63, 3.8) is 0 Å². The first kappa shape index (κ1) is 18.7. The number of hydrogen-bond acceptors (Lipinski definition) is 3. The van der Waals surface area contributed by atoms with E-state index in [1.54, 1.807) is 30.1 Å². The smallest absolute Gasteiger partial charge is 0.234 e. The molecule has 0 bridgehead atoms. The SMILES string of the molecule is CCCNC(=O)CN(C)CC(=O)NCc1ccc(Cl)cc1Cl. The first-order valence-electron chi connectivity index (χ1n) is 7.08. The van der Waals surface area contributed by atoms with Gasteiger partial charge in [-0.2, -0.15) is 0 Å². The summed E-state index contributed by atoms with van der Waals surface area (Å²) in [5, 5.41) is 6.60. The van der Waals surface area contributed by atoms with E-state index in [0.717, 1.165) is 12.0 Å². The molecule has 0 heterocycles. The normalized spacial score (nSPS) is 10.6. The molecule has 0 spiro atoms. The zero-order valence-electron chi connectivity index (χ0n) is 12.8. The molecule has 5 nitrogen and oxygen atoms in total. The summed E-state index contributed by atoms with van der Waals surface area (Å²) in [6.45, 7) is 3.29. The molecule has 0 atom stereocenters. The van der Waals surface area contributed by atoms with E-state index in [2.05, 4.69) is 10.6 Å². The van der Waals surface area contributed by atoms with E-state index in [1.807, 2.05) is 6.92 Å². The van der Waals surface area contributed by atoms with Crippen molar-refractivity contribution < 1.29 is 9.59 Å². The second-order valence-electron chi connectivity index (χ2n) is 5.03. The first-order chi connectivity index (χ1) is 10.4. The van der Waals surface area contributed by atoms with E-state index in [4.69, 9.17) is 23.2 Å². The number of halogens is 2. The number of likely N-dealkylation sites (N-methyl/N-ethyl adjacent to an activating group) is 1. The first-order valence-corrected chi connectivity index (χ1v) is 7.83. The number of nitrogens with zero attached hydrogens (tertiary/aromatic N) is 1. The van der Waals surface area contributed by atoms with Gasteiger partial charge in [-0.1, -0.05) is 36.2 Å². The maximum Gasteiger partial charge on any atom is 0.234 e. The summed E-state index contributed by atoms with van der Waals surface area (Å²) in [4.78, 5) is 25.0. The molecule has 0 aliphatic carbocycles. The van der Waals surface area contributed by atoms with Crippen LogP contribution in [-0.2, 0) is 16.1 Å². The second-order valence-corrected chi connectivity index (χ2v) is 5.88. The van der Waals surface area contributed by atoms with E-state index >= 15 is 0 Å². The molecule has 1 rings (SSSR count). The Morgan fingerprint density at radius 2 is 1.77 bits per heavy atom. The Morgan fingerprint density at radius 3 is 2.36 bits per heavy atom. The monoisotopic (exact) mass is 345 g/mol. The molecular formula is C15H21Cl2N3O2. The molecule has 7 heteroatoms. The number of nitrogens with one attached hydrogen (secondary N) is 2. The van der Waals surface area contributed by atoms with Crippen LogP contribution < -0.4 is 10.6 Å². The highest BCUT2D eigenvalue weighted by molar-refractivity contribution is 6.35. The summed E-state index contributed by atoms with van der Waals surface area (Å²) in [7, 11) is 1.72. The Labute approximate surface area is 141 Å². The van der Waals surface area contributed by atoms with Gasteiger partial charge in [-0.15, -0.1) is 0 Å². The molecule has 0 saturated heterocycles. The van der Waals surface area contributed by atoms with Crippen molar-refractivity contribution in [2.24, 2.45) is 0 Å². The number of amides is 2. The molecule has 1 aromatic carbocycles. The molecule has 2 amide bonds. The minimum atomic E-state index is -0.170. The zero-order valence-corrected chi connectivity index (χ0v) is 14.3. The van der Waals surface area contributed by atoms with Crippen molar-refractivity contribution in [2.75, 3.05) is 26.7 Å². The highest BCUT2D eigenvalue weighted by Gasteiger charge is 2.10. The van der Waals surface area contributed by atoms with Gasteiger partial charge < -0.3 is 10.6 Å². The molecule has 22 heavy (non-hydrogen) atoms. The molecule has 0 aromatic heterocycles.